The van der Waals surface area contributed by atoms with Crippen LogP contribution >= 0.6 is 23.5 Å². The molecule has 0 radical (unpaired) electrons. The molecule has 2 nitrogen and oxygen atoms in total. The number of hydrogen-bond donors (Lipinski definition) is 2. The number of aryl methyl sites for hydroxylation is 1. The van der Waals surface area contributed by atoms with E-state index in [0.717, 1.165) is 0 Å². The van der Waals surface area contributed by atoms with Gasteiger partial charge < -0.3 is 10.6 Å². The van der Waals surface area contributed by atoms with Gasteiger partial charge in [-0.2, -0.15) is 0 Å². The van der Waals surface area contributed by atoms with Gasteiger partial charge in [0.25, 0.3) is 0 Å². The van der Waals surface area contributed by atoms with Gasteiger partial charge in [0.1, 0.15) is 0 Å². The molecule has 2 atom stereocenters. The average molecular weight is 280 g/mol. The van der Waals surface area contributed by atoms with E-state index in [1.54, 1.807) is 0 Å². The summed E-state index contributed by atoms with van der Waals surface area (Å²) in [5.41, 5.74) is 3.96. The average Bonchev–Trinajstić information content (AvgIpc) is 2.86. The van der Waals surface area contributed by atoms with Gasteiger partial charge in [-0.1, -0.05) is 23.9 Å². The Kier molecular flexibility index (Phi) is 4.51. The van der Waals surface area contributed by atoms with Crippen LogP contribution in [0.1, 0.15) is 26.3 Å². The van der Waals surface area contributed by atoms with Gasteiger partial charge >= 0.3 is 0 Å². The molecule has 0 amide bonds. The highest BCUT2D eigenvalue weighted by molar-refractivity contribution is 8.02. The zero-order valence-corrected chi connectivity index (χ0v) is 12.9. The third kappa shape index (κ3) is 3.39. The van der Waals surface area contributed by atoms with Crippen molar-refractivity contribution in [1.29, 1.82) is 0 Å². The van der Waals surface area contributed by atoms with Crippen molar-refractivity contribution in [1.82, 2.24) is 5.32 Å². The Hall–Kier alpha value is -0.740. The summed E-state index contributed by atoms with van der Waals surface area (Å²) in [4.78, 5) is 1.39. The molecule has 0 saturated heterocycles. The maximum absolute atomic E-state index is 3.43. The topological polar surface area (TPSA) is 24.1 Å². The molecule has 98 valence electrons. The molecular formula is C14H20N2S2. The van der Waals surface area contributed by atoms with Crippen LogP contribution in [0.5, 0.6) is 0 Å². The molecule has 0 bridgehead atoms. The van der Waals surface area contributed by atoms with Crippen molar-refractivity contribution < 1.29 is 0 Å². The van der Waals surface area contributed by atoms with E-state index in [-0.39, 0.29) is 0 Å². The lowest BCUT2D eigenvalue weighted by atomic mass is 10.2. The number of para-hydroxylation sites is 1. The lowest BCUT2D eigenvalue weighted by Crippen LogP contribution is -2.13. The Morgan fingerprint density at radius 3 is 2.33 bits per heavy atom. The van der Waals surface area contributed by atoms with Crippen LogP contribution in [0.15, 0.2) is 34.2 Å². The van der Waals surface area contributed by atoms with E-state index >= 15 is 0 Å². The minimum atomic E-state index is 0.533. The lowest BCUT2D eigenvalue weighted by molar-refractivity contribution is 0.822. The Balaban J connectivity index is 0.000000149. The van der Waals surface area contributed by atoms with Crippen LogP contribution in [0, 0.1) is 6.92 Å². The molecule has 2 aliphatic rings. The quantitative estimate of drug-likeness (QED) is 0.736. The number of rotatable bonds is 0. The van der Waals surface area contributed by atoms with E-state index < -0.39 is 0 Å². The molecule has 0 saturated carbocycles. The van der Waals surface area contributed by atoms with Crippen LogP contribution in [-0.2, 0) is 0 Å². The molecule has 2 unspecified atom stereocenters. The fourth-order valence-corrected chi connectivity index (χ4v) is 3.72. The third-order valence-corrected chi connectivity index (χ3v) is 4.85. The normalized spacial score (nSPS) is 24.3. The van der Waals surface area contributed by atoms with Gasteiger partial charge in [-0.05, 0) is 44.7 Å². The maximum atomic E-state index is 3.43. The highest BCUT2D eigenvalue weighted by Crippen LogP contribution is 2.39. The van der Waals surface area contributed by atoms with Gasteiger partial charge in [0.05, 0.1) is 16.4 Å². The van der Waals surface area contributed by atoms with Crippen molar-refractivity contribution in [2.24, 2.45) is 0 Å². The number of allylic oxidation sites excluding steroid dienone is 1. The SMILES string of the molecule is CC1=CSC(C)N1.Cc1cccc2c1NC(C)S2. The number of anilines is 1. The monoisotopic (exact) mass is 280 g/mol. The van der Waals surface area contributed by atoms with Crippen LogP contribution in [0.25, 0.3) is 0 Å². The summed E-state index contributed by atoms with van der Waals surface area (Å²) >= 11 is 3.73. The van der Waals surface area contributed by atoms with Gasteiger partial charge in [-0.15, -0.1) is 11.8 Å². The minimum absolute atomic E-state index is 0.533. The number of hydrogen-bond acceptors (Lipinski definition) is 4. The van der Waals surface area contributed by atoms with Crippen LogP contribution in [0.3, 0.4) is 0 Å². The first kappa shape index (κ1) is 13.7. The zero-order chi connectivity index (χ0) is 13.1. The highest BCUT2D eigenvalue weighted by atomic mass is 32.2. The Labute approximate surface area is 118 Å². The molecule has 1 aromatic carbocycles. The summed E-state index contributed by atoms with van der Waals surface area (Å²) in [6.45, 7) is 8.56. The smallest absolute Gasteiger partial charge is 0.0741 e. The van der Waals surface area contributed by atoms with Crippen LogP contribution < -0.4 is 10.6 Å². The van der Waals surface area contributed by atoms with E-state index in [1.165, 1.54) is 21.8 Å². The number of thioether (sulfide) groups is 2. The Bertz CT molecular complexity index is 457. The largest absolute Gasteiger partial charge is 0.376 e. The Morgan fingerprint density at radius 1 is 1.06 bits per heavy atom. The summed E-state index contributed by atoms with van der Waals surface area (Å²) < 4.78 is 0. The molecule has 2 aliphatic heterocycles. The second kappa shape index (κ2) is 5.93. The second-order valence-electron chi connectivity index (χ2n) is 4.58. The highest BCUT2D eigenvalue weighted by Gasteiger charge is 2.17. The van der Waals surface area contributed by atoms with Crippen molar-refractivity contribution in [3.63, 3.8) is 0 Å². The first-order valence-electron chi connectivity index (χ1n) is 6.18. The summed E-state index contributed by atoms with van der Waals surface area (Å²) in [6, 6.07) is 6.43. The summed E-state index contributed by atoms with van der Waals surface area (Å²) in [5, 5.41) is 9.94. The molecule has 0 fully saturated rings. The van der Waals surface area contributed by atoms with Crippen LogP contribution in [0.2, 0.25) is 0 Å². The molecular weight excluding hydrogens is 260 g/mol. The molecule has 1 aromatic rings. The van der Waals surface area contributed by atoms with Gasteiger partial charge in [-0.25, -0.2) is 0 Å². The van der Waals surface area contributed by atoms with E-state index in [1.807, 2.05) is 23.5 Å². The van der Waals surface area contributed by atoms with E-state index in [4.69, 9.17) is 0 Å². The first-order chi connectivity index (χ1) is 8.56. The van der Waals surface area contributed by atoms with Gasteiger partial charge in [0, 0.05) is 10.6 Å². The summed E-state index contributed by atoms with van der Waals surface area (Å²) in [7, 11) is 0. The van der Waals surface area contributed by atoms with Crippen molar-refractivity contribution >= 4 is 29.2 Å². The lowest BCUT2D eigenvalue weighted by Gasteiger charge is -2.03. The summed E-state index contributed by atoms with van der Waals surface area (Å²) in [6.07, 6.45) is 0. The van der Waals surface area contributed by atoms with Gasteiger partial charge in [-0.3, -0.25) is 0 Å². The van der Waals surface area contributed by atoms with Crippen molar-refractivity contribution in [2.75, 3.05) is 5.32 Å². The first-order valence-corrected chi connectivity index (χ1v) is 8.00. The fourth-order valence-electron chi connectivity index (χ4n) is 1.94. The Morgan fingerprint density at radius 2 is 1.83 bits per heavy atom. The minimum Gasteiger partial charge on any atom is -0.376 e. The molecule has 18 heavy (non-hydrogen) atoms. The summed E-state index contributed by atoms with van der Waals surface area (Å²) in [5.74, 6) is 0. The van der Waals surface area contributed by atoms with Crippen molar-refractivity contribution in [3.05, 3.63) is 34.9 Å². The molecule has 0 aromatic heterocycles. The molecule has 3 rings (SSSR count). The molecule has 2 N–H and O–H groups in total. The van der Waals surface area contributed by atoms with Crippen LogP contribution in [0.4, 0.5) is 5.69 Å². The molecule has 2 heterocycles. The maximum Gasteiger partial charge on any atom is 0.0741 e. The predicted molar refractivity (Wildman–Crippen MR) is 84.1 cm³/mol. The van der Waals surface area contributed by atoms with Crippen molar-refractivity contribution in [3.8, 4) is 0 Å². The molecule has 0 spiro atoms. The number of nitrogens with one attached hydrogen (secondary N) is 2. The fraction of sp³-hybridized carbons (Fsp3) is 0.429. The van der Waals surface area contributed by atoms with E-state index in [0.29, 0.717) is 10.7 Å². The van der Waals surface area contributed by atoms with E-state index in [9.17, 15) is 0 Å². The standard InChI is InChI=1S/C9H11NS.C5H9NS/c1-6-4-3-5-8-9(6)10-7(2)11-8;1-4-3-7-5(2)6-4/h3-5,7,10H,1-2H3;3,5-6H,1-2H3. The van der Waals surface area contributed by atoms with Crippen LogP contribution in [-0.4, -0.2) is 10.7 Å². The van der Waals surface area contributed by atoms with Gasteiger partial charge in [0.15, 0.2) is 0 Å². The predicted octanol–water partition coefficient (Wildman–Crippen LogP) is 4.39. The number of benzene rings is 1. The molecule has 0 aliphatic carbocycles. The number of fused-ring (bicyclic) bond motifs is 1. The van der Waals surface area contributed by atoms with E-state index in [2.05, 4.69) is 61.9 Å². The molecule has 4 heteroatoms. The van der Waals surface area contributed by atoms with Crippen molar-refractivity contribution in [2.45, 2.75) is 43.3 Å². The zero-order valence-electron chi connectivity index (χ0n) is 11.3. The second-order valence-corrected chi connectivity index (χ2v) is 7.17. The van der Waals surface area contributed by atoms with Gasteiger partial charge in [0.2, 0.25) is 0 Å². The third-order valence-electron chi connectivity index (χ3n) is 2.77.